The van der Waals surface area contributed by atoms with Crippen LogP contribution >= 0.6 is 0 Å². The molecule has 1 N–H and O–H groups in total. The van der Waals surface area contributed by atoms with Crippen molar-refractivity contribution in [3.63, 3.8) is 0 Å². The molecule has 3 rings (SSSR count). The Bertz CT molecular complexity index is 603. The number of aliphatic hydroxyl groups is 1. The first-order chi connectivity index (χ1) is 10.1. The summed E-state index contributed by atoms with van der Waals surface area (Å²) in [7, 11) is 0. The molecule has 1 saturated heterocycles. The van der Waals surface area contributed by atoms with Crippen LogP contribution in [-0.2, 0) is 6.54 Å². The summed E-state index contributed by atoms with van der Waals surface area (Å²) in [6, 6.07) is 3.19. The number of halogens is 2. The van der Waals surface area contributed by atoms with E-state index in [0.29, 0.717) is 31.6 Å². The zero-order valence-electron chi connectivity index (χ0n) is 11.5. The number of aliphatic hydroxyl groups excluding tert-OH is 1. The van der Waals surface area contributed by atoms with E-state index < -0.39 is 17.7 Å². The second-order valence-corrected chi connectivity index (χ2v) is 5.37. The van der Waals surface area contributed by atoms with Crippen LogP contribution in [0.4, 0.5) is 8.78 Å². The van der Waals surface area contributed by atoms with Gasteiger partial charge in [-0.25, -0.2) is 13.8 Å². The Labute approximate surface area is 121 Å². The van der Waals surface area contributed by atoms with Crippen molar-refractivity contribution >= 4 is 0 Å². The van der Waals surface area contributed by atoms with Crippen molar-refractivity contribution in [3.8, 4) is 0 Å². The molecule has 0 amide bonds. The van der Waals surface area contributed by atoms with Gasteiger partial charge in [-0.1, -0.05) is 0 Å². The minimum atomic E-state index is -0.513. The number of likely N-dealkylation sites (tertiary alicyclic amines) is 1. The highest BCUT2D eigenvalue weighted by Crippen LogP contribution is 2.33. The number of β-amino-alcohol motifs (C(OH)–C–C–N with tert-alkyl or cyclic N) is 1. The van der Waals surface area contributed by atoms with Crippen molar-refractivity contribution in [1.29, 1.82) is 0 Å². The van der Waals surface area contributed by atoms with Gasteiger partial charge in [0, 0.05) is 43.6 Å². The Morgan fingerprint density at radius 2 is 2.14 bits per heavy atom. The van der Waals surface area contributed by atoms with Gasteiger partial charge in [-0.05, 0) is 24.6 Å². The molecule has 0 spiro atoms. The molecule has 6 heteroatoms. The number of hydrogen-bond donors (Lipinski definition) is 1. The monoisotopic (exact) mass is 293 g/mol. The van der Waals surface area contributed by atoms with Gasteiger partial charge in [0.15, 0.2) is 0 Å². The zero-order chi connectivity index (χ0) is 14.8. The predicted octanol–water partition coefficient (Wildman–Crippen LogP) is 1.97. The molecule has 4 nitrogen and oxygen atoms in total. The van der Waals surface area contributed by atoms with Gasteiger partial charge in [-0.15, -0.1) is 0 Å². The fourth-order valence-corrected chi connectivity index (χ4v) is 2.88. The maximum absolute atomic E-state index is 13.9. The fourth-order valence-electron chi connectivity index (χ4n) is 2.88. The molecule has 0 aliphatic carbocycles. The van der Waals surface area contributed by atoms with E-state index in [1.807, 2.05) is 15.7 Å². The van der Waals surface area contributed by atoms with Crippen LogP contribution in [0.5, 0.6) is 0 Å². The minimum absolute atomic E-state index is 0.292. The summed E-state index contributed by atoms with van der Waals surface area (Å²) in [6.45, 7) is 1.81. The van der Waals surface area contributed by atoms with Gasteiger partial charge in [0.25, 0.3) is 0 Å². The van der Waals surface area contributed by atoms with Crippen LogP contribution in [0.15, 0.2) is 36.9 Å². The van der Waals surface area contributed by atoms with Crippen LogP contribution in [0.25, 0.3) is 0 Å². The third kappa shape index (κ3) is 3.11. The first-order valence-corrected chi connectivity index (χ1v) is 6.96. The summed E-state index contributed by atoms with van der Waals surface area (Å²) < 4.78 is 29.2. The summed E-state index contributed by atoms with van der Waals surface area (Å²) in [6.07, 6.45) is 5.17. The van der Waals surface area contributed by atoms with Crippen molar-refractivity contribution in [2.24, 2.45) is 0 Å². The molecule has 1 aliphatic heterocycles. The second-order valence-electron chi connectivity index (χ2n) is 5.37. The standard InChI is InChI=1S/C15H17F2N3O/c16-11-1-2-14(17)13(7-11)15-8-12(21)9-20(15)6-5-19-4-3-18-10-19/h1-4,7,10,12,15,21H,5-6,8-9H2/t12-,15+/m0/s1. The average Bonchev–Trinajstić information content (AvgIpc) is 3.08. The molecule has 1 aromatic carbocycles. The van der Waals surface area contributed by atoms with Crippen LogP contribution in [0.1, 0.15) is 18.0 Å². The van der Waals surface area contributed by atoms with Crippen LogP contribution in [-0.4, -0.2) is 38.8 Å². The molecule has 1 aliphatic rings. The average molecular weight is 293 g/mol. The Balaban J connectivity index is 1.77. The highest BCUT2D eigenvalue weighted by Gasteiger charge is 2.33. The fraction of sp³-hybridized carbons (Fsp3) is 0.400. The predicted molar refractivity (Wildman–Crippen MR) is 73.5 cm³/mol. The van der Waals surface area contributed by atoms with Gasteiger partial charge in [0.1, 0.15) is 11.6 Å². The van der Waals surface area contributed by atoms with Crippen LogP contribution in [0, 0.1) is 11.6 Å². The summed E-state index contributed by atoms with van der Waals surface area (Å²) in [5.41, 5.74) is 0.317. The highest BCUT2D eigenvalue weighted by molar-refractivity contribution is 5.23. The van der Waals surface area contributed by atoms with Gasteiger partial charge in [-0.3, -0.25) is 4.90 Å². The van der Waals surface area contributed by atoms with E-state index in [2.05, 4.69) is 4.98 Å². The van der Waals surface area contributed by atoms with E-state index in [1.165, 1.54) is 6.07 Å². The topological polar surface area (TPSA) is 41.3 Å². The molecule has 2 aromatic rings. The lowest BCUT2D eigenvalue weighted by Gasteiger charge is -2.24. The molecule has 0 unspecified atom stereocenters. The maximum Gasteiger partial charge on any atom is 0.128 e. The van der Waals surface area contributed by atoms with Crippen molar-refractivity contribution in [2.45, 2.75) is 25.1 Å². The van der Waals surface area contributed by atoms with E-state index in [1.54, 1.807) is 12.5 Å². The molecule has 1 aromatic heterocycles. The van der Waals surface area contributed by atoms with Crippen molar-refractivity contribution < 1.29 is 13.9 Å². The van der Waals surface area contributed by atoms with Gasteiger partial charge >= 0.3 is 0 Å². The largest absolute Gasteiger partial charge is 0.392 e. The van der Waals surface area contributed by atoms with E-state index >= 15 is 0 Å². The Morgan fingerprint density at radius 3 is 2.90 bits per heavy atom. The van der Waals surface area contributed by atoms with Crippen LogP contribution in [0.3, 0.4) is 0 Å². The first kappa shape index (κ1) is 14.2. The van der Waals surface area contributed by atoms with Crippen molar-refractivity contribution in [3.05, 3.63) is 54.1 Å². The molecular weight excluding hydrogens is 276 g/mol. The summed E-state index contributed by atoms with van der Waals surface area (Å²) in [4.78, 5) is 5.96. The molecule has 21 heavy (non-hydrogen) atoms. The number of imidazole rings is 1. The zero-order valence-corrected chi connectivity index (χ0v) is 11.5. The summed E-state index contributed by atoms with van der Waals surface area (Å²) in [5.74, 6) is -0.884. The Morgan fingerprint density at radius 1 is 1.29 bits per heavy atom. The quantitative estimate of drug-likeness (QED) is 0.937. The first-order valence-electron chi connectivity index (χ1n) is 6.96. The van der Waals surface area contributed by atoms with E-state index in [0.717, 1.165) is 12.1 Å². The van der Waals surface area contributed by atoms with Crippen LogP contribution < -0.4 is 0 Å². The molecule has 1 fully saturated rings. The van der Waals surface area contributed by atoms with Gasteiger partial charge < -0.3 is 9.67 Å². The molecular formula is C15H17F2N3O. The number of nitrogens with zero attached hydrogens (tertiary/aromatic N) is 3. The Kier molecular flexibility index (Phi) is 3.98. The van der Waals surface area contributed by atoms with Crippen molar-refractivity contribution in [2.75, 3.05) is 13.1 Å². The molecule has 0 bridgehead atoms. The lowest BCUT2D eigenvalue weighted by Crippen LogP contribution is -2.28. The molecule has 112 valence electrons. The molecule has 2 heterocycles. The molecule has 2 atom stereocenters. The third-order valence-electron chi connectivity index (χ3n) is 3.90. The normalized spacial score (nSPS) is 22.8. The lowest BCUT2D eigenvalue weighted by molar-refractivity contribution is 0.173. The highest BCUT2D eigenvalue weighted by atomic mass is 19.1. The number of aromatic nitrogens is 2. The number of rotatable bonds is 4. The van der Waals surface area contributed by atoms with E-state index in [-0.39, 0.29) is 6.04 Å². The maximum atomic E-state index is 13.9. The lowest BCUT2D eigenvalue weighted by atomic mass is 10.0. The summed E-state index contributed by atoms with van der Waals surface area (Å²) in [5, 5.41) is 9.87. The number of benzene rings is 1. The van der Waals surface area contributed by atoms with Gasteiger partial charge in [0.2, 0.25) is 0 Å². The van der Waals surface area contributed by atoms with Crippen LogP contribution in [0.2, 0.25) is 0 Å². The smallest absolute Gasteiger partial charge is 0.128 e. The van der Waals surface area contributed by atoms with E-state index in [4.69, 9.17) is 0 Å². The van der Waals surface area contributed by atoms with Crippen molar-refractivity contribution in [1.82, 2.24) is 14.5 Å². The van der Waals surface area contributed by atoms with Gasteiger partial charge in [0.05, 0.1) is 12.4 Å². The molecule has 0 radical (unpaired) electrons. The third-order valence-corrected chi connectivity index (χ3v) is 3.90. The SMILES string of the molecule is O[C@H]1C[C@H](c2cc(F)ccc2F)N(CCn2ccnc2)C1. The Hall–Kier alpha value is -1.79. The summed E-state index contributed by atoms with van der Waals surface area (Å²) >= 11 is 0. The minimum Gasteiger partial charge on any atom is -0.392 e. The van der Waals surface area contributed by atoms with Gasteiger partial charge in [-0.2, -0.15) is 0 Å². The number of hydrogen-bond acceptors (Lipinski definition) is 3. The second kappa shape index (κ2) is 5.91. The van der Waals surface area contributed by atoms with E-state index in [9.17, 15) is 13.9 Å². The molecule has 0 saturated carbocycles.